The number of aryl methyl sites for hydroxylation is 1. The van der Waals surface area contributed by atoms with Crippen LogP contribution in [0.4, 0.5) is 11.5 Å². The van der Waals surface area contributed by atoms with Gasteiger partial charge in [-0.25, -0.2) is 14.8 Å². The van der Waals surface area contributed by atoms with Crippen molar-refractivity contribution >= 4 is 62.7 Å². The Bertz CT molecular complexity index is 1230. The van der Waals surface area contributed by atoms with E-state index >= 15 is 0 Å². The summed E-state index contributed by atoms with van der Waals surface area (Å²) in [6, 6.07) is 7.40. The summed E-state index contributed by atoms with van der Waals surface area (Å²) in [6.45, 7) is 3.34. The van der Waals surface area contributed by atoms with E-state index in [1.165, 1.54) is 16.7 Å². The highest BCUT2D eigenvalue weighted by molar-refractivity contribution is 8.00. The number of para-hydroxylation sites is 1. The van der Waals surface area contributed by atoms with E-state index in [1.807, 2.05) is 18.2 Å². The number of hydrogen-bond donors (Lipinski definition) is 1. The zero-order valence-corrected chi connectivity index (χ0v) is 19.0. The lowest BCUT2D eigenvalue weighted by Gasteiger charge is -2.27. The minimum atomic E-state index is -0.586. The summed E-state index contributed by atoms with van der Waals surface area (Å²) in [5.41, 5.74) is 7.43. The molecule has 4 rings (SSSR count). The normalized spacial score (nSPS) is 13.2. The number of benzene rings is 1. The van der Waals surface area contributed by atoms with Gasteiger partial charge < -0.3 is 15.2 Å². The van der Waals surface area contributed by atoms with E-state index in [9.17, 15) is 14.4 Å². The molecule has 1 aromatic carbocycles. The highest BCUT2D eigenvalue weighted by atomic mass is 32.2. The second kappa shape index (κ2) is 9.13. The van der Waals surface area contributed by atoms with Crippen molar-refractivity contribution in [3.63, 3.8) is 0 Å². The van der Waals surface area contributed by atoms with Gasteiger partial charge in [0.1, 0.15) is 22.1 Å². The summed E-state index contributed by atoms with van der Waals surface area (Å²) < 4.78 is 10.4. The summed E-state index contributed by atoms with van der Waals surface area (Å²) in [5.74, 6) is -0.514. The Kier molecular flexibility index (Phi) is 6.28. The molecule has 0 fully saturated rings. The average Bonchev–Trinajstić information content (AvgIpc) is 3.11. The second-order valence-electron chi connectivity index (χ2n) is 6.88. The van der Waals surface area contributed by atoms with E-state index in [1.54, 1.807) is 19.9 Å². The molecule has 0 saturated heterocycles. The van der Waals surface area contributed by atoms with Crippen LogP contribution >= 0.6 is 23.1 Å². The Hall–Kier alpha value is -3.18. The largest absolute Gasteiger partial charge is 0.462 e. The molecule has 32 heavy (non-hydrogen) atoms. The van der Waals surface area contributed by atoms with Gasteiger partial charge in [-0.1, -0.05) is 12.1 Å². The summed E-state index contributed by atoms with van der Waals surface area (Å²) in [4.78, 5) is 48.8. The van der Waals surface area contributed by atoms with Gasteiger partial charge in [0.05, 0.1) is 23.4 Å². The van der Waals surface area contributed by atoms with E-state index in [0.29, 0.717) is 26.3 Å². The van der Waals surface area contributed by atoms with Crippen LogP contribution in [0.1, 0.15) is 28.0 Å². The number of aromatic nitrogens is 2. The molecule has 0 aliphatic carbocycles. The number of nitrogens with zero attached hydrogens (tertiary/aromatic N) is 3. The molecule has 0 radical (unpaired) electrons. The highest BCUT2D eigenvalue weighted by Gasteiger charge is 2.27. The van der Waals surface area contributed by atoms with Gasteiger partial charge in [-0.15, -0.1) is 23.1 Å². The lowest BCUT2D eigenvalue weighted by atomic mass is 10.2. The van der Waals surface area contributed by atoms with Gasteiger partial charge in [0, 0.05) is 4.90 Å². The third kappa shape index (κ3) is 4.26. The topological polar surface area (TPSA) is 125 Å². The fourth-order valence-corrected chi connectivity index (χ4v) is 5.36. The predicted molar refractivity (Wildman–Crippen MR) is 122 cm³/mol. The summed E-state index contributed by atoms with van der Waals surface area (Å²) in [5, 5.41) is 0.584. The zero-order chi connectivity index (χ0) is 22.8. The van der Waals surface area contributed by atoms with E-state index in [2.05, 4.69) is 9.97 Å². The maximum absolute atomic E-state index is 12.4. The fourth-order valence-electron chi connectivity index (χ4n) is 3.32. The van der Waals surface area contributed by atoms with Gasteiger partial charge in [-0.3, -0.25) is 14.5 Å². The number of esters is 2. The molecule has 0 spiro atoms. The van der Waals surface area contributed by atoms with Gasteiger partial charge in [0.2, 0.25) is 5.91 Å². The molecule has 0 saturated carbocycles. The van der Waals surface area contributed by atoms with E-state index in [0.717, 1.165) is 16.2 Å². The number of fused-ring (bicyclic) bond motifs is 2. The van der Waals surface area contributed by atoms with Crippen molar-refractivity contribution in [3.8, 4) is 0 Å². The molecule has 0 bridgehead atoms. The Morgan fingerprint density at radius 3 is 2.78 bits per heavy atom. The molecule has 9 nitrogen and oxygen atoms in total. The molecule has 1 aliphatic rings. The number of rotatable bonds is 6. The first-order chi connectivity index (χ1) is 15.4. The fraction of sp³-hybridized carbons (Fsp3) is 0.286. The van der Waals surface area contributed by atoms with Crippen LogP contribution in [0.5, 0.6) is 0 Å². The number of ether oxygens (including phenoxy) is 2. The number of nitrogen functional groups attached to an aromatic ring is 1. The average molecular weight is 473 g/mol. The maximum Gasteiger partial charge on any atom is 0.348 e. The SMILES string of the molecule is CCOC(=O)c1sc2nc(COC(=O)CN3C(=O)CSc4ccccc43)nc(N)c2c1C. The second-order valence-corrected chi connectivity index (χ2v) is 8.90. The van der Waals surface area contributed by atoms with Crippen molar-refractivity contribution in [3.05, 3.63) is 40.5 Å². The number of carbonyl (C=O) groups excluding carboxylic acids is 3. The smallest absolute Gasteiger partial charge is 0.348 e. The van der Waals surface area contributed by atoms with E-state index in [-0.39, 0.29) is 43.1 Å². The molecule has 1 amide bonds. The standard InChI is InChI=1S/C21H20N4O5S2/c1-3-29-21(28)18-11(2)17-19(22)23-14(24-20(17)32-18)9-30-16(27)8-25-12-6-4-5-7-13(12)31-10-15(25)26/h4-7H,3,8-10H2,1-2H3,(H2,22,23,24). The predicted octanol–water partition coefficient (Wildman–Crippen LogP) is 2.94. The quantitative estimate of drug-likeness (QED) is 0.539. The third-order valence-corrected chi connectivity index (χ3v) is 7.00. The van der Waals surface area contributed by atoms with Crippen molar-refractivity contribution in [2.45, 2.75) is 25.3 Å². The molecular weight excluding hydrogens is 452 g/mol. The molecule has 3 heterocycles. The van der Waals surface area contributed by atoms with Gasteiger partial charge in [-0.05, 0) is 31.5 Å². The van der Waals surface area contributed by atoms with E-state index < -0.39 is 11.9 Å². The summed E-state index contributed by atoms with van der Waals surface area (Å²) in [7, 11) is 0. The van der Waals surface area contributed by atoms with Crippen LogP contribution in [0.2, 0.25) is 0 Å². The van der Waals surface area contributed by atoms with Gasteiger partial charge in [-0.2, -0.15) is 0 Å². The number of thiophene rings is 1. The van der Waals surface area contributed by atoms with Crippen molar-refractivity contribution in [1.29, 1.82) is 0 Å². The lowest BCUT2D eigenvalue weighted by molar-refractivity contribution is -0.144. The van der Waals surface area contributed by atoms with Crippen molar-refractivity contribution in [2.24, 2.45) is 0 Å². The maximum atomic E-state index is 12.4. The van der Waals surface area contributed by atoms with Crippen LogP contribution in [-0.2, 0) is 25.7 Å². The van der Waals surface area contributed by atoms with Crippen LogP contribution in [0, 0.1) is 6.92 Å². The molecule has 2 aromatic heterocycles. The molecule has 166 valence electrons. The van der Waals surface area contributed by atoms with Crippen LogP contribution in [0.25, 0.3) is 10.2 Å². The van der Waals surface area contributed by atoms with Crippen molar-refractivity contribution in [2.75, 3.05) is 29.5 Å². The Morgan fingerprint density at radius 1 is 1.22 bits per heavy atom. The minimum absolute atomic E-state index is 0.159. The number of carbonyl (C=O) groups is 3. The lowest BCUT2D eigenvalue weighted by Crippen LogP contribution is -2.39. The number of hydrogen-bond acceptors (Lipinski definition) is 10. The molecule has 0 unspecified atom stereocenters. The Morgan fingerprint density at radius 2 is 2.00 bits per heavy atom. The molecular formula is C21H20N4O5S2. The Labute approximate surface area is 191 Å². The first-order valence-electron chi connectivity index (χ1n) is 9.79. The molecule has 0 atom stereocenters. The van der Waals surface area contributed by atoms with Crippen molar-refractivity contribution < 1.29 is 23.9 Å². The highest BCUT2D eigenvalue weighted by Crippen LogP contribution is 2.35. The van der Waals surface area contributed by atoms with Gasteiger partial charge in [0.15, 0.2) is 12.4 Å². The number of anilines is 2. The molecule has 1 aliphatic heterocycles. The molecule has 11 heteroatoms. The van der Waals surface area contributed by atoms with Crippen LogP contribution in [0.3, 0.4) is 0 Å². The third-order valence-electron chi connectivity index (χ3n) is 4.78. The summed E-state index contributed by atoms with van der Waals surface area (Å²) >= 11 is 2.59. The monoisotopic (exact) mass is 472 g/mol. The van der Waals surface area contributed by atoms with Crippen molar-refractivity contribution in [1.82, 2.24) is 9.97 Å². The van der Waals surface area contributed by atoms with Crippen LogP contribution in [0.15, 0.2) is 29.2 Å². The number of thioether (sulfide) groups is 1. The minimum Gasteiger partial charge on any atom is -0.462 e. The Balaban J connectivity index is 1.48. The first-order valence-corrected chi connectivity index (χ1v) is 11.6. The van der Waals surface area contributed by atoms with Gasteiger partial charge in [0.25, 0.3) is 0 Å². The van der Waals surface area contributed by atoms with Gasteiger partial charge >= 0.3 is 11.9 Å². The van der Waals surface area contributed by atoms with Crippen LogP contribution < -0.4 is 10.6 Å². The number of nitrogens with two attached hydrogens (primary N) is 1. The molecule has 2 N–H and O–H groups in total. The first kappa shape index (κ1) is 22.0. The van der Waals surface area contributed by atoms with Crippen LogP contribution in [-0.4, -0.2) is 46.7 Å². The molecule has 3 aromatic rings. The summed E-state index contributed by atoms with van der Waals surface area (Å²) in [6.07, 6.45) is 0. The zero-order valence-electron chi connectivity index (χ0n) is 17.4. The number of amides is 1. The van der Waals surface area contributed by atoms with E-state index in [4.69, 9.17) is 15.2 Å².